The van der Waals surface area contributed by atoms with E-state index in [2.05, 4.69) is 9.72 Å². The monoisotopic (exact) mass is 529 g/mol. The van der Waals surface area contributed by atoms with Crippen LogP contribution in [-0.4, -0.2) is 46.0 Å². The van der Waals surface area contributed by atoms with Gasteiger partial charge in [0, 0.05) is 18.9 Å². The Balaban J connectivity index is 2.02. The van der Waals surface area contributed by atoms with E-state index in [1.165, 1.54) is 6.92 Å². The zero-order valence-corrected chi connectivity index (χ0v) is 19.5. The number of nitrogens with zero attached hydrogens (tertiary/aromatic N) is 1. The molecule has 1 aliphatic rings. The minimum Gasteiger partial charge on any atom is -0.433 e. The van der Waals surface area contributed by atoms with Crippen molar-refractivity contribution in [1.29, 1.82) is 0 Å². The minimum atomic E-state index is -4.75. The fourth-order valence-electron chi connectivity index (χ4n) is 3.66. The summed E-state index contributed by atoms with van der Waals surface area (Å²) < 4.78 is 124. The van der Waals surface area contributed by atoms with Crippen molar-refractivity contribution in [2.45, 2.75) is 53.2 Å². The van der Waals surface area contributed by atoms with Gasteiger partial charge in [0.25, 0.3) is 0 Å². The van der Waals surface area contributed by atoms with E-state index in [1.807, 2.05) is 0 Å². The van der Waals surface area contributed by atoms with Gasteiger partial charge in [0.05, 0.1) is 32.0 Å². The van der Waals surface area contributed by atoms with E-state index >= 15 is 0 Å². The van der Waals surface area contributed by atoms with Gasteiger partial charge in [-0.25, -0.2) is 16.8 Å². The zero-order valence-electron chi connectivity index (χ0n) is 17.8. The molecule has 0 saturated carbocycles. The fourth-order valence-corrected chi connectivity index (χ4v) is 6.38. The molecular weight excluding hydrogens is 509 g/mol. The van der Waals surface area contributed by atoms with Gasteiger partial charge in [-0.2, -0.15) is 22.0 Å². The smallest absolute Gasteiger partial charge is 0.416 e. The summed E-state index contributed by atoms with van der Waals surface area (Å²) in [6.45, 7) is -2.07. The molecule has 1 fully saturated rings. The molecule has 0 bridgehead atoms. The summed E-state index contributed by atoms with van der Waals surface area (Å²) in [4.78, 5) is 2.85. The van der Waals surface area contributed by atoms with E-state index in [0.717, 1.165) is 36.7 Å². The van der Waals surface area contributed by atoms with E-state index in [4.69, 9.17) is 4.74 Å². The normalized spacial score (nSPS) is 22.1. The predicted octanol–water partition coefficient (Wildman–Crippen LogP) is 4.19. The van der Waals surface area contributed by atoms with Crippen molar-refractivity contribution < 1.29 is 48.3 Å². The van der Waals surface area contributed by atoms with Gasteiger partial charge in [0.15, 0.2) is 19.7 Å². The van der Waals surface area contributed by atoms with Crippen LogP contribution >= 0.6 is 0 Å². The summed E-state index contributed by atoms with van der Waals surface area (Å²) in [6, 6.07) is 4.17. The van der Waals surface area contributed by atoms with E-state index in [-0.39, 0.29) is 25.1 Å². The van der Waals surface area contributed by atoms with Crippen LogP contribution in [0.4, 0.5) is 22.0 Å². The molecule has 0 amide bonds. The van der Waals surface area contributed by atoms with Gasteiger partial charge in [-0.3, -0.25) is 4.98 Å². The van der Waals surface area contributed by atoms with E-state index in [1.54, 1.807) is 0 Å². The van der Waals surface area contributed by atoms with E-state index < -0.39 is 64.4 Å². The lowest BCUT2D eigenvalue weighted by Crippen LogP contribution is -2.42. The number of aromatic nitrogens is 1. The van der Waals surface area contributed by atoms with Crippen molar-refractivity contribution in [2.75, 3.05) is 12.9 Å². The zero-order chi connectivity index (χ0) is 25.5. The second kappa shape index (κ2) is 9.04. The summed E-state index contributed by atoms with van der Waals surface area (Å²) in [5.41, 5.74) is -1.34. The molecule has 0 N–H and O–H groups in total. The molecule has 2 aromatic rings. The fraction of sp³-hybridized carbons (Fsp3) is 0.450. The van der Waals surface area contributed by atoms with Crippen molar-refractivity contribution in [3.05, 3.63) is 47.8 Å². The summed E-state index contributed by atoms with van der Waals surface area (Å²) >= 11 is 0. The third-order valence-electron chi connectivity index (χ3n) is 5.47. The quantitative estimate of drug-likeness (QED) is 0.518. The molecule has 1 saturated heterocycles. The Kier molecular flexibility index (Phi) is 6.99. The number of hydrogen-bond donors (Lipinski definition) is 0. The first-order valence-electron chi connectivity index (χ1n) is 9.73. The second-order valence-electron chi connectivity index (χ2n) is 8.00. The SMILES string of the molecule is CC1(S(=O)(=O)c2cccc(C(F)(F)F)c2)CCOC(c2ncc(OC(F)F)cc2S(C)(=O)=O)C1. The minimum absolute atomic E-state index is 0.0805. The van der Waals surface area contributed by atoms with Gasteiger partial charge in [0.2, 0.25) is 0 Å². The van der Waals surface area contributed by atoms with Gasteiger partial charge in [-0.1, -0.05) is 6.07 Å². The molecule has 2 atom stereocenters. The first-order valence-corrected chi connectivity index (χ1v) is 13.1. The molecule has 14 heteroatoms. The summed E-state index contributed by atoms with van der Waals surface area (Å²) in [6.07, 6.45) is -4.70. The van der Waals surface area contributed by atoms with Crippen LogP contribution in [0.25, 0.3) is 0 Å². The summed E-state index contributed by atoms with van der Waals surface area (Å²) in [5, 5.41) is 0. The van der Waals surface area contributed by atoms with Gasteiger partial charge in [-0.05, 0) is 38.0 Å². The molecule has 0 radical (unpaired) electrons. The first kappa shape index (κ1) is 26.3. The maximum Gasteiger partial charge on any atom is 0.416 e. The highest BCUT2D eigenvalue weighted by Crippen LogP contribution is 2.43. The Morgan fingerprint density at radius 3 is 2.44 bits per heavy atom. The largest absolute Gasteiger partial charge is 0.433 e. The van der Waals surface area contributed by atoms with Crippen molar-refractivity contribution in [3.8, 4) is 5.75 Å². The van der Waals surface area contributed by atoms with Crippen LogP contribution in [0.3, 0.4) is 0 Å². The number of alkyl halides is 5. The van der Waals surface area contributed by atoms with Crippen molar-refractivity contribution in [1.82, 2.24) is 4.98 Å². The number of sulfone groups is 2. The van der Waals surface area contributed by atoms with Crippen LogP contribution < -0.4 is 4.74 Å². The Bertz CT molecular complexity index is 1280. The molecule has 7 nitrogen and oxygen atoms in total. The molecule has 2 unspecified atom stereocenters. The molecule has 3 rings (SSSR count). The number of ether oxygens (including phenoxy) is 2. The van der Waals surface area contributed by atoms with Gasteiger partial charge >= 0.3 is 12.8 Å². The molecular formula is C20H20F5NO6S2. The molecule has 34 heavy (non-hydrogen) atoms. The Morgan fingerprint density at radius 2 is 1.85 bits per heavy atom. The number of rotatable bonds is 6. The van der Waals surface area contributed by atoms with Crippen molar-refractivity contribution >= 4 is 19.7 Å². The molecule has 1 aromatic carbocycles. The second-order valence-corrected chi connectivity index (χ2v) is 12.4. The molecule has 2 heterocycles. The average molecular weight is 530 g/mol. The molecule has 1 aliphatic heterocycles. The summed E-state index contributed by atoms with van der Waals surface area (Å²) in [5.74, 6) is -0.519. The Morgan fingerprint density at radius 1 is 1.18 bits per heavy atom. The Hall–Kier alpha value is -2.32. The molecule has 188 valence electrons. The molecule has 0 aliphatic carbocycles. The third kappa shape index (κ3) is 5.33. The number of pyridine rings is 1. The van der Waals surface area contributed by atoms with E-state index in [9.17, 15) is 38.8 Å². The highest BCUT2D eigenvalue weighted by Gasteiger charge is 2.46. The maximum absolute atomic E-state index is 13.4. The highest BCUT2D eigenvalue weighted by atomic mass is 32.2. The topological polar surface area (TPSA) is 99.6 Å². The molecule has 1 aromatic heterocycles. The highest BCUT2D eigenvalue weighted by molar-refractivity contribution is 7.92. The maximum atomic E-state index is 13.4. The van der Waals surface area contributed by atoms with E-state index in [0.29, 0.717) is 6.07 Å². The van der Waals surface area contributed by atoms with Crippen LogP contribution in [0.5, 0.6) is 5.75 Å². The molecule has 0 spiro atoms. The first-order chi connectivity index (χ1) is 15.5. The van der Waals surface area contributed by atoms with Gasteiger partial charge in [0.1, 0.15) is 11.9 Å². The van der Waals surface area contributed by atoms with Crippen LogP contribution in [0, 0.1) is 0 Å². The number of halogens is 5. The lowest BCUT2D eigenvalue weighted by atomic mass is 9.94. The van der Waals surface area contributed by atoms with Gasteiger partial charge in [-0.15, -0.1) is 0 Å². The predicted molar refractivity (Wildman–Crippen MR) is 109 cm³/mol. The Labute approximate surface area is 192 Å². The van der Waals surface area contributed by atoms with Crippen LogP contribution in [0.2, 0.25) is 0 Å². The lowest BCUT2D eigenvalue weighted by Gasteiger charge is -2.37. The van der Waals surface area contributed by atoms with Crippen LogP contribution in [0.1, 0.15) is 37.1 Å². The van der Waals surface area contributed by atoms with Crippen molar-refractivity contribution in [3.63, 3.8) is 0 Å². The number of benzene rings is 1. The van der Waals surface area contributed by atoms with Crippen molar-refractivity contribution in [2.24, 2.45) is 0 Å². The number of hydrogen-bond acceptors (Lipinski definition) is 7. The van der Waals surface area contributed by atoms with Gasteiger partial charge < -0.3 is 9.47 Å². The van der Waals surface area contributed by atoms with Crippen LogP contribution in [0.15, 0.2) is 46.3 Å². The van der Waals surface area contributed by atoms with Crippen LogP contribution in [-0.2, 0) is 30.6 Å². The lowest BCUT2D eigenvalue weighted by molar-refractivity contribution is -0.137. The standard InChI is InChI=1S/C20H20F5NO6S2/c1-19(34(29,30)14-5-3-4-12(8-14)20(23,24)25)6-7-31-15(10-19)17-16(33(2,27)28)9-13(11-26-17)32-18(21)22/h3-5,8-9,11,15,18H,6-7,10H2,1-2H3. The average Bonchev–Trinajstić information content (AvgIpc) is 2.72. The summed E-state index contributed by atoms with van der Waals surface area (Å²) in [7, 11) is -8.37. The third-order valence-corrected chi connectivity index (χ3v) is 9.14.